The number of pyridine rings is 1. The largest absolute Gasteiger partial charge is 0.476 e. The van der Waals surface area contributed by atoms with Crippen LogP contribution in [-0.4, -0.2) is 42.2 Å². The van der Waals surface area contributed by atoms with Crippen molar-refractivity contribution in [2.45, 2.75) is 39.3 Å². The summed E-state index contributed by atoms with van der Waals surface area (Å²) in [5.41, 5.74) is 1.06. The van der Waals surface area contributed by atoms with E-state index in [0.717, 1.165) is 37.8 Å². The molecule has 0 spiro atoms. The molecule has 0 atom stereocenters. The minimum atomic E-state index is 0.703. The van der Waals surface area contributed by atoms with Gasteiger partial charge in [0.2, 0.25) is 5.88 Å². The molecule has 0 bridgehead atoms. The molecular formula is C15H25N3O. The molecule has 1 fully saturated rings. The summed E-state index contributed by atoms with van der Waals surface area (Å²) in [7, 11) is 0. The van der Waals surface area contributed by atoms with Gasteiger partial charge in [0, 0.05) is 25.2 Å². The lowest BCUT2D eigenvalue weighted by molar-refractivity contribution is 0.217. The fourth-order valence-electron chi connectivity index (χ4n) is 1.99. The molecule has 106 valence electrons. The molecule has 1 saturated carbocycles. The van der Waals surface area contributed by atoms with Crippen molar-refractivity contribution in [1.82, 2.24) is 15.2 Å². The fourth-order valence-corrected chi connectivity index (χ4v) is 1.99. The highest BCUT2D eigenvalue weighted by Gasteiger charge is 2.20. The number of ether oxygens (including phenoxy) is 1. The number of hydrogen-bond donors (Lipinski definition) is 1. The molecule has 2 rings (SSSR count). The van der Waals surface area contributed by atoms with Crippen LogP contribution in [0.25, 0.3) is 0 Å². The zero-order valence-electron chi connectivity index (χ0n) is 12.1. The normalized spacial score (nSPS) is 14.9. The second-order valence-electron chi connectivity index (χ2n) is 5.00. The summed E-state index contributed by atoms with van der Waals surface area (Å²) in [5, 5.41) is 3.47. The van der Waals surface area contributed by atoms with Gasteiger partial charge in [-0.15, -0.1) is 0 Å². The highest BCUT2D eigenvalue weighted by atomic mass is 16.5. The summed E-state index contributed by atoms with van der Waals surface area (Å²) in [6.45, 7) is 8.99. The van der Waals surface area contributed by atoms with Crippen LogP contribution in [0.2, 0.25) is 0 Å². The zero-order chi connectivity index (χ0) is 13.5. The van der Waals surface area contributed by atoms with E-state index in [1.165, 1.54) is 12.8 Å². The van der Waals surface area contributed by atoms with Gasteiger partial charge in [0.15, 0.2) is 0 Å². The van der Waals surface area contributed by atoms with Gasteiger partial charge in [0.05, 0.1) is 5.69 Å². The van der Waals surface area contributed by atoms with Gasteiger partial charge in [-0.1, -0.05) is 19.9 Å². The molecule has 0 aromatic carbocycles. The molecule has 4 heteroatoms. The Morgan fingerprint density at radius 1 is 1.32 bits per heavy atom. The zero-order valence-corrected chi connectivity index (χ0v) is 12.1. The molecule has 1 N–H and O–H groups in total. The number of aromatic nitrogens is 1. The van der Waals surface area contributed by atoms with Gasteiger partial charge in [-0.2, -0.15) is 0 Å². The number of likely N-dealkylation sites (N-methyl/N-ethyl adjacent to an activating group) is 1. The van der Waals surface area contributed by atoms with Gasteiger partial charge >= 0.3 is 0 Å². The summed E-state index contributed by atoms with van der Waals surface area (Å²) < 4.78 is 5.72. The fraction of sp³-hybridized carbons (Fsp3) is 0.667. The molecular weight excluding hydrogens is 238 g/mol. The first-order valence-electron chi connectivity index (χ1n) is 7.36. The topological polar surface area (TPSA) is 37.4 Å². The van der Waals surface area contributed by atoms with Crippen molar-refractivity contribution < 1.29 is 4.74 Å². The quantitative estimate of drug-likeness (QED) is 0.740. The molecule has 0 aliphatic heterocycles. The lowest BCUT2D eigenvalue weighted by Gasteiger charge is -2.17. The Labute approximate surface area is 116 Å². The molecule has 1 aromatic rings. The van der Waals surface area contributed by atoms with Crippen LogP contribution in [-0.2, 0) is 6.54 Å². The van der Waals surface area contributed by atoms with E-state index in [-0.39, 0.29) is 0 Å². The van der Waals surface area contributed by atoms with E-state index in [1.807, 2.05) is 18.2 Å². The Kier molecular flexibility index (Phi) is 5.61. The van der Waals surface area contributed by atoms with E-state index in [2.05, 4.69) is 29.0 Å². The lowest BCUT2D eigenvalue weighted by Crippen LogP contribution is -2.28. The Morgan fingerprint density at radius 2 is 2.11 bits per heavy atom. The van der Waals surface area contributed by atoms with Crippen LogP contribution in [0, 0.1) is 0 Å². The maximum atomic E-state index is 5.72. The first-order chi connectivity index (χ1) is 9.31. The van der Waals surface area contributed by atoms with Crippen molar-refractivity contribution in [2.75, 3.05) is 26.2 Å². The van der Waals surface area contributed by atoms with Gasteiger partial charge in [-0.25, -0.2) is 4.98 Å². The van der Waals surface area contributed by atoms with Gasteiger partial charge in [0.25, 0.3) is 0 Å². The summed E-state index contributed by atoms with van der Waals surface area (Å²) >= 11 is 0. The van der Waals surface area contributed by atoms with Crippen molar-refractivity contribution in [3.05, 3.63) is 23.9 Å². The third-order valence-electron chi connectivity index (χ3n) is 3.48. The predicted octanol–water partition coefficient (Wildman–Crippen LogP) is 2.05. The minimum absolute atomic E-state index is 0.703. The first kappa shape index (κ1) is 14.3. The maximum absolute atomic E-state index is 5.72. The molecule has 0 amide bonds. The van der Waals surface area contributed by atoms with Crippen LogP contribution in [0.3, 0.4) is 0 Å². The van der Waals surface area contributed by atoms with Crippen LogP contribution in [0.15, 0.2) is 18.2 Å². The minimum Gasteiger partial charge on any atom is -0.476 e. The third-order valence-corrected chi connectivity index (χ3v) is 3.48. The molecule has 1 aromatic heterocycles. The maximum Gasteiger partial charge on any atom is 0.213 e. The highest BCUT2D eigenvalue weighted by Crippen LogP contribution is 2.19. The summed E-state index contributed by atoms with van der Waals surface area (Å²) in [6.07, 6.45) is 2.61. The molecule has 4 nitrogen and oxygen atoms in total. The van der Waals surface area contributed by atoms with E-state index in [1.54, 1.807) is 0 Å². The van der Waals surface area contributed by atoms with Crippen molar-refractivity contribution in [3.63, 3.8) is 0 Å². The Morgan fingerprint density at radius 3 is 2.79 bits per heavy atom. The van der Waals surface area contributed by atoms with E-state index in [0.29, 0.717) is 12.6 Å². The van der Waals surface area contributed by atoms with Gasteiger partial charge in [-0.05, 0) is 32.0 Å². The standard InChI is InChI=1S/C15H25N3O/c1-3-18(4-2)10-11-19-15-7-5-6-14(17-15)12-16-13-8-9-13/h5-7,13,16H,3-4,8-12H2,1-2H3. The van der Waals surface area contributed by atoms with E-state index in [4.69, 9.17) is 4.74 Å². The SMILES string of the molecule is CCN(CC)CCOc1cccc(CNC2CC2)n1. The van der Waals surface area contributed by atoms with Crippen LogP contribution >= 0.6 is 0 Å². The Bertz CT molecular complexity index is 375. The van der Waals surface area contributed by atoms with Crippen LogP contribution in [0.4, 0.5) is 0 Å². The number of nitrogens with zero attached hydrogens (tertiary/aromatic N) is 2. The molecule has 0 unspecified atom stereocenters. The van der Waals surface area contributed by atoms with Crippen LogP contribution < -0.4 is 10.1 Å². The average molecular weight is 263 g/mol. The molecule has 0 saturated heterocycles. The van der Waals surface area contributed by atoms with Gasteiger partial charge in [-0.3, -0.25) is 0 Å². The third kappa shape index (κ3) is 5.17. The summed E-state index contributed by atoms with van der Waals surface area (Å²) in [4.78, 5) is 6.86. The smallest absolute Gasteiger partial charge is 0.213 e. The summed E-state index contributed by atoms with van der Waals surface area (Å²) in [6, 6.07) is 6.72. The number of rotatable bonds is 9. The van der Waals surface area contributed by atoms with Crippen molar-refractivity contribution in [2.24, 2.45) is 0 Å². The predicted molar refractivity (Wildman–Crippen MR) is 77.4 cm³/mol. The first-order valence-corrected chi connectivity index (χ1v) is 7.36. The van der Waals surface area contributed by atoms with Gasteiger partial charge in [0.1, 0.15) is 6.61 Å². The van der Waals surface area contributed by atoms with E-state index in [9.17, 15) is 0 Å². The van der Waals surface area contributed by atoms with Gasteiger partial charge < -0.3 is 15.0 Å². The van der Waals surface area contributed by atoms with E-state index < -0.39 is 0 Å². The van der Waals surface area contributed by atoms with E-state index >= 15 is 0 Å². The molecule has 19 heavy (non-hydrogen) atoms. The molecule has 1 aliphatic carbocycles. The molecule has 0 radical (unpaired) electrons. The second kappa shape index (κ2) is 7.46. The highest BCUT2D eigenvalue weighted by molar-refractivity contribution is 5.15. The number of hydrogen-bond acceptors (Lipinski definition) is 4. The van der Waals surface area contributed by atoms with Crippen LogP contribution in [0.5, 0.6) is 5.88 Å². The molecule has 1 aliphatic rings. The summed E-state index contributed by atoms with van der Waals surface area (Å²) in [5.74, 6) is 0.738. The average Bonchev–Trinajstić information content (AvgIpc) is 3.26. The lowest BCUT2D eigenvalue weighted by atomic mass is 10.3. The molecule has 1 heterocycles. The van der Waals surface area contributed by atoms with Crippen molar-refractivity contribution in [3.8, 4) is 5.88 Å². The van der Waals surface area contributed by atoms with Crippen molar-refractivity contribution in [1.29, 1.82) is 0 Å². The Hall–Kier alpha value is -1.13. The van der Waals surface area contributed by atoms with Crippen LogP contribution in [0.1, 0.15) is 32.4 Å². The second-order valence-corrected chi connectivity index (χ2v) is 5.00. The van der Waals surface area contributed by atoms with Crippen molar-refractivity contribution >= 4 is 0 Å². The Balaban J connectivity index is 1.74. The monoisotopic (exact) mass is 263 g/mol. The number of nitrogens with one attached hydrogen (secondary N) is 1.